The fourth-order valence-corrected chi connectivity index (χ4v) is 3.21. The lowest BCUT2D eigenvalue weighted by molar-refractivity contribution is -0.0183. The van der Waals surface area contributed by atoms with Gasteiger partial charge in [0.05, 0.1) is 43.0 Å². The van der Waals surface area contributed by atoms with E-state index in [1.54, 1.807) is 11.8 Å². The zero-order valence-corrected chi connectivity index (χ0v) is 17.7. The summed E-state index contributed by atoms with van der Waals surface area (Å²) in [5.74, 6) is -0.321. The maximum Gasteiger partial charge on any atom is 0.264 e. The summed E-state index contributed by atoms with van der Waals surface area (Å²) in [7, 11) is -4.03. The van der Waals surface area contributed by atoms with Gasteiger partial charge in [-0.2, -0.15) is 8.42 Å². The molecule has 4 unspecified atom stereocenters. The van der Waals surface area contributed by atoms with Crippen LogP contribution in [0.5, 0.6) is 0 Å². The minimum Gasteiger partial charge on any atom is -0.392 e. The molecule has 0 heterocycles. The molecule has 0 rings (SSSR count). The number of hydrogen-bond donors (Lipinski definition) is 5. The third-order valence-electron chi connectivity index (χ3n) is 3.38. The van der Waals surface area contributed by atoms with Crippen LogP contribution in [0.25, 0.3) is 0 Å². The van der Waals surface area contributed by atoms with E-state index in [1.807, 2.05) is 0 Å². The summed E-state index contributed by atoms with van der Waals surface area (Å²) in [6, 6.07) is 0. The van der Waals surface area contributed by atoms with Gasteiger partial charge in [-0.25, -0.2) is 4.21 Å². The second kappa shape index (κ2) is 15.6. The van der Waals surface area contributed by atoms with Crippen LogP contribution in [0.2, 0.25) is 0 Å². The first-order valence-electron chi connectivity index (χ1n) is 8.94. The van der Waals surface area contributed by atoms with Gasteiger partial charge in [0.25, 0.3) is 10.1 Å². The normalized spacial score (nSPS) is 16.8. The Hall–Kier alpha value is -0.220. The predicted molar refractivity (Wildman–Crippen MR) is 103 cm³/mol. The fourth-order valence-electron chi connectivity index (χ4n) is 2.37. The van der Waals surface area contributed by atoms with Gasteiger partial charge in [-0.3, -0.25) is 9.45 Å². The Morgan fingerprint density at radius 1 is 0.964 bits per heavy atom. The molecule has 5 N–H and O–H groups in total. The molecule has 0 radical (unpaired) electrons. The first-order valence-corrected chi connectivity index (χ1v) is 11.8. The standard InChI is InChI=1S/C15H33NO10S2/c1-13(17)8-16(9-14(18)11-25-4-2-6-27(20)21)10-15(19)12-26-5-3-7-28(22,23)24/h13-15,17-19H,2-12H2,1H3,(H,20,21)(H,22,23,24). The molecule has 28 heavy (non-hydrogen) atoms. The molecule has 0 aliphatic rings. The highest BCUT2D eigenvalue weighted by molar-refractivity contribution is 7.85. The number of aliphatic hydroxyl groups is 3. The zero-order valence-electron chi connectivity index (χ0n) is 16.1. The van der Waals surface area contributed by atoms with Crippen LogP contribution in [-0.4, -0.2) is 118 Å². The van der Waals surface area contributed by atoms with E-state index in [2.05, 4.69) is 0 Å². The molecule has 0 aliphatic heterocycles. The van der Waals surface area contributed by atoms with Crippen LogP contribution in [0, 0.1) is 0 Å². The van der Waals surface area contributed by atoms with Gasteiger partial charge < -0.3 is 29.3 Å². The van der Waals surface area contributed by atoms with E-state index in [1.165, 1.54) is 0 Å². The first-order chi connectivity index (χ1) is 13.0. The Labute approximate surface area is 168 Å². The fraction of sp³-hybridized carbons (Fsp3) is 1.00. The van der Waals surface area contributed by atoms with Crippen LogP contribution in [0.4, 0.5) is 0 Å². The van der Waals surface area contributed by atoms with Crippen molar-refractivity contribution in [1.82, 2.24) is 4.90 Å². The molecule has 11 nitrogen and oxygen atoms in total. The molecule has 0 aromatic carbocycles. The molecule has 0 saturated heterocycles. The second-order valence-corrected chi connectivity index (χ2v) is 9.17. The van der Waals surface area contributed by atoms with Crippen LogP contribution in [0.1, 0.15) is 19.8 Å². The lowest BCUT2D eigenvalue weighted by Gasteiger charge is -2.28. The van der Waals surface area contributed by atoms with Gasteiger partial charge in [-0.15, -0.1) is 0 Å². The summed E-state index contributed by atoms with van der Waals surface area (Å²) >= 11 is -1.87. The van der Waals surface area contributed by atoms with Crippen molar-refractivity contribution in [3.05, 3.63) is 0 Å². The molecule has 0 aromatic heterocycles. The Bertz CT molecular complexity index is 517. The van der Waals surface area contributed by atoms with Crippen molar-refractivity contribution in [2.75, 3.05) is 57.6 Å². The topological polar surface area (TPSA) is 174 Å². The average Bonchev–Trinajstić information content (AvgIpc) is 2.52. The van der Waals surface area contributed by atoms with Crippen molar-refractivity contribution >= 4 is 21.2 Å². The van der Waals surface area contributed by atoms with Gasteiger partial charge >= 0.3 is 0 Å². The minimum atomic E-state index is -4.03. The van der Waals surface area contributed by atoms with Crippen molar-refractivity contribution in [1.29, 1.82) is 0 Å². The molecule has 0 amide bonds. The van der Waals surface area contributed by atoms with Crippen LogP contribution < -0.4 is 0 Å². The molecule has 4 atom stereocenters. The monoisotopic (exact) mass is 451 g/mol. The first kappa shape index (κ1) is 27.8. The van der Waals surface area contributed by atoms with E-state index >= 15 is 0 Å². The highest BCUT2D eigenvalue weighted by atomic mass is 32.2. The molecule has 0 saturated carbocycles. The largest absolute Gasteiger partial charge is 0.392 e. The Morgan fingerprint density at radius 3 is 1.89 bits per heavy atom. The van der Waals surface area contributed by atoms with Crippen molar-refractivity contribution < 1.29 is 46.5 Å². The lowest BCUT2D eigenvalue weighted by Crippen LogP contribution is -2.43. The molecule has 13 heteroatoms. The molecule has 0 aliphatic carbocycles. The summed E-state index contributed by atoms with van der Waals surface area (Å²) in [5, 5.41) is 29.6. The van der Waals surface area contributed by atoms with E-state index < -0.39 is 45.3 Å². The van der Waals surface area contributed by atoms with Gasteiger partial charge in [0, 0.05) is 32.8 Å². The zero-order chi connectivity index (χ0) is 21.6. The van der Waals surface area contributed by atoms with Crippen molar-refractivity contribution in [2.24, 2.45) is 0 Å². The Kier molecular flexibility index (Phi) is 15.5. The summed E-state index contributed by atoms with van der Waals surface area (Å²) in [6.07, 6.45) is -1.99. The van der Waals surface area contributed by atoms with E-state index in [4.69, 9.17) is 18.6 Å². The van der Waals surface area contributed by atoms with E-state index in [9.17, 15) is 27.9 Å². The smallest absolute Gasteiger partial charge is 0.264 e. The van der Waals surface area contributed by atoms with Gasteiger partial charge in [0.1, 0.15) is 0 Å². The summed E-state index contributed by atoms with van der Waals surface area (Å²) in [4.78, 5) is 1.65. The van der Waals surface area contributed by atoms with Crippen LogP contribution in [-0.2, 0) is 30.7 Å². The molecule has 170 valence electrons. The van der Waals surface area contributed by atoms with Crippen molar-refractivity contribution in [2.45, 2.75) is 38.1 Å². The van der Waals surface area contributed by atoms with Crippen molar-refractivity contribution in [3.8, 4) is 0 Å². The number of ether oxygens (including phenoxy) is 2. The quantitative estimate of drug-likeness (QED) is 0.0914. The van der Waals surface area contributed by atoms with Crippen LogP contribution in [0.15, 0.2) is 0 Å². The third-order valence-corrected chi connectivity index (χ3v) is 4.82. The summed E-state index contributed by atoms with van der Waals surface area (Å²) in [6.45, 7) is 2.27. The summed E-state index contributed by atoms with van der Waals surface area (Å²) in [5.41, 5.74) is 0. The molecule has 0 fully saturated rings. The Balaban J connectivity index is 4.14. The maximum atomic E-state index is 10.6. The van der Waals surface area contributed by atoms with Crippen LogP contribution >= 0.6 is 0 Å². The third kappa shape index (κ3) is 19.1. The highest BCUT2D eigenvalue weighted by Crippen LogP contribution is 2.01. The van der Waals surface area contributed by atoms with E-state index in [0.29, 0.717) is 6.42 Å². The maximum absolute atomic E-state index is 10.6. The number of nitrogens with zero attached hydrogens (tertiary/aromatic N) is 1. The molecule has 0 aromatic rings. The molecular formula is C15H33NO10S2. The van der Waals surface area contributed by atoms with E-state index in [-0.39, 0.29) is 58.2 Å². The van der Waals surface area contributed by atoms with Crippen LogP contribution in [0.3, 0.4) is 0 Å². The highest BCUT2D eigenvalue weighted by Gasteiger charge is 2.18. The van der Waals surface area contributed by atoms with Gasteiger partial charge in [-0.05, 0) is 19.8 Å². The Morgan fingerprint density at radius 2 is 1.46 bits per heavy atom. The number of rotatable bonds is 18. The second-order valence-electron chi connectivity index (χ2n) is 6.54. The van der Waals surface area contributed by atoms with Gasteiger partial charge in [-0.1, -0.05) is 0 Å². The molecule has 0 bridgehead atoms. The van der Waals surface area contributed by atoms with Gasteiger partial charge in [0.15, 0.2) is 11.1 Å². The van der Waals surface area contributed by atoms with Gasteiger partial charge in [0.2, 0.25) is 0 Å². The predicted octanol–water partition coefficient (Wildman–Crippen LogP) is -1.69. The van der Waals surface area contributed by atoms with Crippen molar-refractivity contribution in [3.63, 3.8) is 0 Å². The lowest BCUT2D eigenvalue weighted by atomic mass is 10.2. The minimum absolute atomic E-state index is 0.0105. The molecular weight excluding hydrogens is 418 g/mol. The SMILES string of the molecule is CC(O)CN(CC(O)COCCCS(=O)O)CC(O)COCCCS(=O)(=O)O. The summed E-state index contributed by atoms with van der Waals surface area (Å²) < 4.78 is 59.3. The molecule has 0 spiro atoms. The van der Waals surface area contributed by atoms with E-state index in [0.717, 1.165) is 0 Å². The average molecular weight is 452 g/mol. The number of aliphatic hydroxyl groups excluding tert-OH is 3. The number of hydrogen-bond acceptors (Lipinski definition) is 9.